The van der Waals surface area contributed by atoms with Crippen LogP contribution in [0.2, 0.25) is 0 Å². The maximum Gasteiger partial charge on any atom is 0.122 e. The number of hydrogen-bond acceptors (Lipinski definition) is 3. The molecule has 0 saturated carbocycles. The average molecular weight is 305 g/mol. The molecule has 3 nitrogen and oxygen atoms in total. The Kier molecular flexibility index (Phi) is 6.03. The summed E-state index contributed by atoms with van der Waals surface area (Å²) in [6.45, 7) is 4.44. The number of pyridine rings is 1. The molecule has 0 saturated heterocycles. The summed E-state index contributed by atoms with van der Waals surface area (Å²) < 4.78 is 5.31. The maximum absolute atomic E-state index is 5.93. The van der Waals surface area contributed by atoms with E-state index in [2.05, 4.69) is 34.1 Å². The van der Waals surface area contributed by atoms with E-state index in [9.17, 15) is 0 Å². The van der Waals surface area contributed by atoms with Gasteiger partial charge in [-0.3, -0.25) is 9.88 Å². The van der Waals surface area contributed by atoms with Crippen LogP contribution in [0.4, 0.5) is 0 Å². The van der Waals surface area contributed by atoms with E-state index < -0.39 is 0 Å². The molecule has 0 aliphatic carbocycles. The summed E-state index contributed by atoms with van der Waals surface area (Å²) in [4.78, 5) is 6.88. The van der Waals surface area contributed by atoms with Gasteiger partial charge in [-0.2, -0.15) is 0 Å². The Bertz CT molecular complexity index is 560. The van der Waals surface area contributed by atoms with Crippen LogP contribution >= 0.6 is 11.6 Å². The van der Waals surface area contributed by atoms with Crippen molar-refractivity contribution in [2.24, 2.45) is 0 Å². The number of nitrogens with zero attached hydrogens (tertiary/aromatic N) is 2. The smallest absolute Gasteiger partial charge is 0.122 e. The first-order valence-corrected chi connectivity index (χ1v) is 7.58. The normalized spacial score (nSPS) is 10.9. The van der Waals surface area contributed by atoms with Crippen molar-refractivity contribution >= 4 is 11.6 Å². The number of methoxy groups -OCH3 is 1. The van der Waals surface area contributed by atoms with Crippen LogP contribution in [-0.2, 0) is 13.1 Å². The first-order valence-electron chi connectivity index (χ1n) is 7.05. The van der Waals surface area contributed by atoms with Gasteiger partial charge in [0.1, 0.15) is 5.75 Å². The lowest BCUT2D eigenvalue weighted by atomic mass is 10.2. The molecular weight excluding hydrogens is 284 g/mol. The van der Waals surface area contributed by atoms with E-state index in [4.69, 9.17) is 16.3 Å². The fourth-order valence-electron chi connectivity index (χ4n) is 2.31. The fourth-order valence-corrected chi connectivity index (χ4v) is 2.54. The molecule has 21 heavy (non-hydrogen) atoms. The molecular formula is C17H21ClN2O. The Morgan fingerprint density at radius 2 is 1.90 bits per heavy atom. The van der Waals surface area contributed by atoms with Crippen molar-refractivity contribution in [2.45, 2.75) is 20.0 Å². The first kappa shape index (κ1) is 15.8. The molecule has 1 heterocycles. The SMILES string of the molecule is COc1cc(C)nc(CN(CCCl)Cc2ccccc2)c1. The molecule has 0 atom stereocenters. The highest BCUT2D eigenvalue weighted by atomic mass is 35.5. The highest BCUT2D eigenvalue weighted by Crippen LogP contribution is 2.16. The van der Waals surface area contributed by atoms with E-state index in [1.807, 2.05) is 25.1 Å². The fraction of sp³-hybridized carbons (Fsp3) is 0.353. The van der Waals surface area contributed by atoms with Crippen LogP contribution in [-0.4, -0.2) is 29.4 Å². The lowest BCUT2D eigenvalue weighted by Gasteiger charge is -2.21. The Labute approximate surface area is 131 Å². The van der Waals surface area contributed by atoms with Crippen molar-refractivity contribution in [2.75, 3.05) is 19.5 Å². The van der Waals surface area contributed by atoms with Crippen LogP contribution in [0.15, 0.2) is 42.5 Å². The number of aromatic nitrogens is 1. The molecule has 1 aromatic carbocycles. The third kappa shape index (κ3) is 5.03. The lowest BCUT2D eigenvalue weighted by molar-refractivity contribution is 0.269. The zero-order valence-corrected chi connectivity index (χ0v) is 13.3. The van der Waals surface area contributed by atoms with Gasteiger partial charge >= 0.3 is 0 Å². The summed E-state index contributed by atoms with van der Waals surface area (Å²) in [6, 6.07) is 14.3. The molecule has 112 valence electrons. The average Bonchev–Trinajstić information content (AvgIpc) is 2.48. The van der Waals surface area contributed by atoms with Crippen molar-refractivity contribution in [1.82, 2.24) is 9.88 Å². The van der Waals surface area contributed by atoms with Gasteiger partial charge in [-0.1, -0.05) is 30.3 Å². The van der Waals surface area contributed by atoms with E-state index in [-0.39, 0.29) is 0 Å². The Balaban J connectivity index is 2.10. The highest BCUT2D eigenvalue weighted by Gasteiger charge is 2.09. The molecule has 1 aromatic heterocycles. The number of alkyl halides is 1. The van der Waals surface area contributed by atoms with E-state index in [1.54, 1.807) is 7.11 Å². The van der Waals surface area contributed by atoms with Gasteiger partial charge in [0.2, 0.25) is 0 Å². The second-order valence-electron chi connectivity index (χ2n) is 5.02. The summed E-state index contributed by atoms with van der Waals surface area (Å²) in [5.41, 5.74) is 3.25. The predicted octanol–water partition coefficient (Wildman–Crippen LogP) is 3.64. The molecule has 0 fully saturated rings. The van der Waals surface area contributed by atoms with Crippen LogP contribution in [0.25, 0.3) is 0 Å². The van der Waals surface area contributed by atoms with E-state index in [0.29, 0.717) is 5.88 Å². The molecule has 0 aliphatic rings. The zero-order valence-electron chi connectivity index (χ0n) is 12.6. The van der Waals surface area contributed by atoms with Crippen LogP contribution < -0.4 is 4.74 Å². The Hall–Kier alpha value is -1.58. The molecule has 0 amide bonds. The zero-order chi connectivity index (χ0) is 15.1. The summed E-state index contributed by atoms with van der Waals surface area (Å²) in [7, 11) is 1.68. The maximum atomic E-state index is 5.93. The summed E-state index contributed by atoms with van der Waals surface area (Å²) in [6.07, 6.45) is 0. The number of benzene rings is 1. The number of hydrogen-bond donors (Lipinski definition) is 0. The predicted molar refractivity (Wildman–Crippen MR) is 86.8 cm³/mol. The summed E-state index contributed by atoms with van der Waals surface area (Å²) >= 11 is 5.93. The third-order valence-corrected chi connectivity index (χ3v) is 3.42. The van der Waals surface area contributed by atoms with Gasteiger partial charge in [0.25, 0.3) is 0 Å². The second-order valence-corrected chi connectivity index (χ2v) is 5.40. The number of ether oxygens (including phenoxy) is 1. The van der Waals surface area contributed by atoms with Gasteiger partial charge in [-0.05, 0) is 12.5 Å². The van der Waals surface area contributed by atoms with E-state index >= 15 is 0 Å². The highest BCUT2D eigenvalue weighted by molar-refractivity contribution is 6.18. The lowest BCUT2D eigenvalue weighted by Crippen LogP contribution is -2.25. The molecule has 0 N–H and O–H groups in total. The summed E-state index contributed by atoms with van der Waals surface area (Å²) in [5.74, 6) is 1.46. The standard InChI is InChI=1S/C17H21ClN2O/c1-14-10-17(21-2)11-16(19-14)13-20(9-8-18)12-15-6-4-3-5-7-15/h3-7,10-11H,8-9,12-13H2,1-2H3. The van der Waals surface area contributed by atoms with Gasteiger partial charge in [-0.25, -0.2) is 0 Å². The van der Waals surface area contributed by atoms with E-state index in [0.717, 1.165) is 36.8 Å². The monoisotopic (exact) mass is 304 g/mol. The van der Waals surface area contributed by atoms with Crippen LogP contribution in [0.1, 0.15) is 17.0 Å². The third-order valence-electron chi connectivity index (χ3n) is 3.25. The van der Waals surface area contributed by atoms with Crippen molar-refractivity contribution < 1.29 is 4.74 Å². The topological polar surface area (TPSA) is 25.4 Å². The molecule has 0 bridgehead atoms. The molecule has 0 aliphatic heterocycles. The van der Waals surface area contributed by atoms with Crippen LogP contribution in [0.5, 0.6) is 5.75 Å². The van der Waals surface area contributed by atoms with Gasteiger partial charge < -0.3 is 4.74 Å². The molecule has 2 rings (SSSR count). The Morgan fingerprint density at radius 3 is 2.57 bits per heavy atom. The molecule has 0 radical (unpaired) electrons. The second kappa shape index (κ2) is 8.01. The molecule has 4 heteroatoms. The van der Waals surface area contributed by atoms with Crippen molar-refractivity contribution in [3.63, 3.8) is 0 Å². The number of halogens is 1. The number of rotatable bonds is 7. The van der Waals surface area contributed by atoms with Crippen molar-refractivity contribution in [1.29, 1.82) is 0 Å². The minimum Gasteiger partial charge on any atom is -0.497 e. The van der Waals surface area contributed by atoms with Crippen molar-refractivity contribution in [3.8, 4) is 5.75 Å². The minimum absolute atomic E-state index is 0.607. The minimum atomic E-state index is 0.607. The number of aryl methyl sites for hydroxylation is 1. The van der Waals surface area contributed by atoms with Gasteiger partial charge in [0.05, 0.1) is 12.8 Å². The summed E-state index contributed by atoms with van der Waals surface area (Å²) in [5, 5.41) is 0. The molecule has 0 unspecified atom stereocenters. The first-order chi connectivity index (χ1) is 10.2. The van der Waals surface area contributed by atoms with Gasteiger partial charge in [0.15, 0.2) is 0 Å². The molecule has 2 aromatic rings. The molecule has 0 spiro atoms. The van der Waals surface area contributed by atoms with Crippen molar-refractivity contribution in [3.05, 3.63) is 59.4 Å². The Morgan fingerprint density at radius 1 is 1.14 bits per heavy atom. The van der Waals surface area contributed by atoms with Crippen LogP contribution in [0.3, 0.4) is 0 Å². The quantitative estimate of drug-likeness (QED) is 0.730. The largest absolute Gasteiger partial charge is 0.497 e. The van der Waals surface area contributed by atoms with Crippen LogP contribution in [0, 0.1) is 6.92 Å². The van der Waals surface area contributed by atoms with Gasteiger partial charge in [-0.15, -0.1) is 11.6 Å². The van der Waals surface area contributed by atoms with E-state index in [1.165, 1.54) is 5.56 Å². The van der Waals surface area contributed by atoms with Gasteiger partial charge in [0, 0.05) is 43.3 Å².